The maximum atomic E-state index is 11.8. The van der Waals surface area contributed by atoms with Gasteiger partial charge in [0.25, 0.3) is 0 Å². The standard InChI is InChI=1S/C11H24N2O2/c1-6-8(14)7-13-9(15)10(2,3)11(4,5)12/h8,14H,6-7,12H2,1-5H3,(H,13,15). The highest BCUT2D eigenvalue weighted by atomic mass is 16.3. The van der Waals surface area contributed by atoms with Gasteiger partial charge in [-0.3, -0.25) is 4.79 Å². The first-order valence-electron chi connectivity index (χ1n) is 5.38. The summed E-state index contributed by atoms with van der Waals surface area (Å²) >= 11 is 0. The van der Waals surface area contributed by atoms with Crippen LogP contribution in [0.1, 0.15) is 41.0 Å². The average molecular weight is 216 g/mol. The molecule has 4 heteroatoms. The largest absolute Gasteiger partial charge is 0.391 e. The van der Waals surface area contributed by atoms with E-state index in [4.69, 9.17) is 5.73 Å². The van der Waals surface area contributed by atoms with E-state index in [1.807, 2.05) is 20.8 Å². The number of nitrogens with one attached hydrogen (secondary N) is 1. The maximum absolute atomic E-state index is 11.8. The minimum atomic E-state index is -0.652. The molecule has 1 unspecified atom stereocenters. The van der Waals surface area contributed by atoms with Crippen LogP contribution in [0.4, 0.5) is 0 Å². The van der Waals surface area contributed by atoms with Gasteiger partial charge in [0.05, 0.1) is 11.5 Å². The first-order chi connectivity index (χ1) is 6.63. The monoisotopic (exact) mass is 216 g/mol. The summed E-state index contributed by atoms with van der Waals surface area (Å²) in [5, 5.41) is 12.0. The fraction of sp³-hybridized carbons (Fsp3) is 0.909. The quantitative estimate of drug-likeness (QED) is 0.631. The van der Waals surface area contributed by atoms with Crippen molar-refractivity contribution in [2.45, 2.75) is 52.7 Å². The third-order valence-electron chi connectivity index (χ3n) is 3.15. The summed E-state index contributed by atoms with van der Waals surface area (Å²) in [6, 6.07) is 0. The Hall–Kier alpha value is -0.610. The van der Waals surface area contributed by atoms with Crippen LogP contribution in [-0.4, -0.2) is 29.2 Å². The summed E-state index contributed by atoms with van der Waals surface area (Å²) in [6.45, 7) is 9.41. The number of nitrogens with two attached hydrogens (primary N) is 1. The van der Waals surface area contributed by atoms with E-state index in [9.17, 15) is 9.90 Å². The van der Waals surface area contributed by atoms with Gasteiger partial charge in [-0.15, -0.1) is 0 Å². The van der Waals surface area contributed by atoms with Crippen molar-refractivity contribution in [2.24, 2.45) is 11.1 Å². The van der Waals surface area contributed by atoms with Gasteiger partial charge in [0.2, 0.25) is 5.91 Å². The van der Waals surface area contributed by atoms with Gasteiger partial charge in [0.15, 0.2) is 0 Å². The van der Waals surface area contributed by atoms with E-state index in [1.165, 1.54) is 0 Å². The molecule has 0 aliphatic carbocycles. The number of hydrogen-bond donors (Lipinski definition) is 3. The van der Waals surface area contributed by atoms with Crippen LogP contribution in [-0.2, 0) is 4.79 Å². The molecule has 0 rings (SSSR count). The van der Waals surface area contributed by atoms with Crippen molar-refractivity contribution in [1.82, 2.24) is 5.32 Å². The zero-order valence-electron chi connectivity index (χ0n) is 10.4. The van der Waals surface area contributed by atoms with E-state index in [0.717, 1.165) is 0 Å². The maximum Gasteiger partial charge on any atom is 0.227 e. The summed E-state index contributed by atoms with van der Waals surface area (Å²) in [6.07, 6.45) is 0.151. The van der Waals surface area contributed by atoms with Gasteiger partial charge in [-0.05, 0) is 34.1 Å². The molecule has 15 heavy (non-hydrogen) atoms. The van der Waals surface area contributed by atoms with Crippen molar-refractivity contribution in [2.75, 3.05) is 6.54 Å². The molecular formula is C11H24N2O2. The molecule has 1 amide bonds. The Morgan fingerprint density at radius 3 is 2.20 bits per heavy atom. The third kappa shape index (κ3) is 3.80. The van der Waals surface area contributed by atoms with Crippen molar-refractivity contribution in [3.8, 4) is 0 Å². The second-order valence-electron chi connectivity index (χ2n) is 5.12. The van der Waals surface area contributed by atoms with E-state index in [0.29, 0.717) is 6.42 Å². The summed E-state index contributed by atoms with van der Waals surface area (Å²) in [5.41, 5.74) is 4.69. The third-order valence-corrected chi connectivity index (χ3v) is 3.15. The molecule has 0 saturated carbocycles. The van der Waals surface area contributed by atoms with E-state index < -0.39 is 17.1 Å². The lowest BCUT2D eigenvalue weighted by atomic mass is 9.74. The van der Waals surface area contributed by atoms with Gasteiger partial charge in [0, 0.05) is 12.1 Å². The summed E-state index contributed by atoms with van der Waals surface area (Å²) < 4.78 is 0. The molecular weight excluding hydrogens is 192 g/mol. The highest BCUT2D eigenvalue weighted by Crippen LogP contribution is 2.28. The van der Waals surface area contributed by atoms with Crippen molar-refractivity contribution >= 4 is 5.91 Å². The van der Waals surface area contributed by atoms with Gasteiger partial charge in [-0.2, -0.15) is 0 Å². The van der Waals surface area contributed by atoms with Crippen LogP contribution in [0.5, 0.6) is 0 Å². The van der Waals surface area contributed by atoms with Gasteiger partial charge in [0.1, 0.15) is 0 Å². The van der Waals surface area contributed by atoms with Crippen molar-refractivity contribution < 1.29 is 9.90 Å². The molecule has 4 N–H and O–H groups in total. The van der Waals surface area contributed by atoms with Crippen LogP contribution in [0.3, 0.4) is 0 Å². The van der Waals surface area contributed by atoms with Gasteiger partial charge >= 0.3 is 0 Å². The van der Waals surface area contributed by atoms with Gasteiger partial charge in [-0.1, -0.05) is 6.92 Å². The summed E-state index contributed by atoms with van der Waals surface area (Å²) in [7, 11) is 0. The topological polar surface area (TPSA) is 75.3 Å². The van der Waals surface area contributed by atoms with Crippen LogP contribution in [0, 0.1) is 5.41 Å². The zero-order chi connectivity index (χ0) is 12.3. The lowest BCUT2D eigenvalue weighted by Gasteiger charge is -2.37. The molecule has 0 bridgehead atoms. The number of carbonyl (C=O) groups excluding carboxylic acids is 1. The molecule has 1 atom stereocenters. The Kier molecular flexibility index (Phi) is 4.74. The van der Waals surface area contributed by atoms with Gasteiger partial charge in [-0.25, -0.2) is 0 Å². The van der Waals surface area contributed by atoms with Crippen molar-refractivity contribution in [3.05, 3.63) is 0 Å². The lowest BCUT2D eigenvalue weighted by Crippen LogP contribution is -2.56. The van der Waals surface area contributed by atoms with Crippen LogP contribution >= 0.6 is 0 Å². The number of aliphatic hydroxyl groups is 1. The van der Waals surface area contributed by atoms with E-state index in [1.54, 1.807) is 13.8 Å². The molecule has 0 aliphatic rings. The average Bonchev–Trinajstić information content (AvgIpc) is 2.11. The number of amides is 1. The fourth-order valence-corrected chi connectivity index (χ4v) is 0.868. The van der Waals surface area contributed by atoms with Crippen LogP contribution < -0.4 is 11.1 Å². The smallest absolute Gasteiger partial charge is 0.227 e. The Bertz CT molecular complexity index is 219. The first kappa shape index (κ1) is 14.4. The molecule has 4 nitrogen and oxygen atoms in total. The number of rotatable bonds is 5. The molecule has 0 spiro atoms. The zero-order valence-corrected chi connectivity index (χ0v) is 10.4. The first-order valence-corrected chi connectivity index (χ1v) is 5.38. The highest BCUT2D eigenvalue weighted by Gasteiger charge is 2.40. The number of aliphatic hydroxyl groups excluding tert-OH is 1. The minimum Gasteiger partial charge on any atom is -0.391 e. The van der Waals surface area contributed by atoms with Crippen LogP contribution in [0.25, 0.3) is 0 Å². The summed E-state index contributed by atoms with van der Waals surface area (Å²) in [5.74, 6) is -0.123. The molecule has 0 aromatic heterocycles. The normalized spacial score (nSPS) is 14.9. The van der Waals surface area contributed by atoms with Crippen LogP contribution in [0.2, 0.25) is 0 Å². The van der Waals surface area contributed by atoms with E-state index in [2.05, 4.69) is 5.32 Å². The molecule has 0 saturated heterocycles. The molecule has 0 aliphatic heterocycles. The number of carbonyl (C=O) groups is 1. The fourth-order valence-electron chi connectivity index (χ4n) is 0.868. The predicted molar refractivity (Wildman–Crippen MR) is 61.4 cm³/mol. The highest BCUT2D eigenvalue weighted by molar-refractivity contribution is 5.83. The number of hydrogen-bond acceptors (Lipinski definition) is 3. The summed E-state index contributed by atoms with van der Waals surface area (Å²) in [4.78, 5) is 11.8. The van der Waals surface area contributed by atoms with Gasteiger partial charge < -0.3 is 16.2 Å². The Labute approximate surface area is 92.2 Å². The molecule has 90 valence electrons. The van der Waals surface area contributed by atoms with Crippen molar-refractivity contribution in [3.63, 3.8) is 0 Å². The second kappa shape index (κ2) is 4.94. The minimum absolute atomic E-state index is 0.123. The van der Waals surface area contributed by atoms with E-state index in [-0.39, 0.29) is 12.5 Å². The van der Waals surface area contributed by atoms with Crippen LogP contribution in [0.15, 0.2) is 0 Å². The van der Waals surface area contributed by atoms with Crippen molar-refractivity contribution in [1.29, 1.82) is 0 Å². The molecule has 0 radical (unpaired) electrons. The predicted octanol–water partition coefficient (Wildman–Crippen LogP) is 0.637. The molecule has 0 fully saturated rings. The molecule has 0 heterocycles. The molecule has 0 aromatic rings. The Balaban J connectivity index is 4.33. The molecule has 0 aromatic carbocycles. The second-order valence-corrected chi connectivity index (χ2v) is 5.12. The Morgan fingerprint density at radius 2 is 1.87 bits per heavy atom. The Morgan fingerprint density at radius 1 is 1.40 bits per heavy atom. The lowest BCUT2D eigenvalue weighted by molar-refractivity contribution is -0.132. The van der Waals surface area contributed by atoms with E-state index >= 15 is 0 Å². The SMILES string of the molecule is CCC(O)CNC(=O)C(C)(C)C(C)(C)N.